The second-order valence-corrected chi connectivity index (χ2v) is 6.24. The van der Waals surface area contributed by atoms with Crippen LogP contribution in [0.15, 0.2) is 18.2 Å². The minimum atomic E-state index is -0.180. The van der Waals surface area contributed by atoms with Gasteiger partial charge in [-0.3, -0.25) is 0 Å². The number of hydrogen-bond donors (Lipinski definition) is 1. The first-order chi connectivity index (χ1) is 10.2. The monoisotopic (exact) mass is 305 g/mol. The maximum absolute atomic E-state index is 13.5. The lowest BCUT2D eigenvalue weighted by Gasteiger charge is -2.15. The molecule has 112 valence electrons. The van der Waals surface area contributed by atoms with Gasteiger partial charge in [0, 0.05) is 23.7 Å². The fourth-order valence-corrected chi connectivity index (χ4v) is 3.85. The topological polar surface area (TPSA) is 28.2 Å². The summed E-state index contributed by atoms with van der Waals surface area (Å²) in [6.45, 7) is 6.93. The van der Waals surface area contributed by atoms with Gasteiger partial charge in [0.25, 0.3) is 0 Å². The molecule has 0 aliphatic carbocycles. The summed E-state index contributed by atoms with van der Waals surface area (Å²) in [5.41, 5.74) is 3.33. The Balaban J connectivity index is 1.92. The Labute approximate surface area is 128 Å². The molecule has 1 aromatic heterocycles. The van der Waals surface area contributed by atoms with Crippen molar-refractivity contribution in [1.82, 2.24) is 10.3 Å². The standard InChI is InChI=1S/C16H20FN3S/c1-3-13-15(10-18-4-2)21-16(19-13)20-8-7-11-5-6-12(17)9-14(11)20/h5-6,9,18H,3-4,7-8,10H2,1-2H3. The van der Waals surface area contributed by atoms with E-state index < -0.39 is 0 Å². The van der Waals surface area contributed by atoms with Crippen LogP contribution in [-0.2, 0) is 19.4 Å². The van der Waals surface area contributed by atoms with Crippen molar-refractivity contribution in [2.24, 2.45) is 0 Å². The normalized spacial score (nSPS) is 13.8. The van der Waals surface area contributed by atoms with E-state index in [0.717, 1.165) is 49.0 Å². The molecule has 1 aromatic carbocycles. The van der Waals surface area contributed by atoms with Crippen LogP contribution in [0.4, 0.5) is 15.2 Å². The van der Waals surface area contributed by atoms with Crippen molar-refractivity contribution in [1.29, 1.82) is 0 Å². The molecule has 0 amide bonds. The molecule has 3 rings (SSSR count). The van der Waals surface area contributed by atoms with Crippen LogP contribution in [0.1, 0.15) is 30.0 Å². The van der Waals surface area contributed by atoms with Crippen LogP contribution in [0.25, 0.3) is 0 Å². The first-order valence-corrected chi connectivity index (χ1v) is 8.29. The molecule has 1 aliphatic rings. The lowest BCUT2D eigenvalue weighted by atomic mass is 10.2. The maximum Gasteiger partial charge on any atom is 0.190 e. The lowest BCUT2D eigenvalue weighted by molar-refractivity contribution is 0.628. The molecular formula is C16H20FN3S. The van der Waals surface area contributed by atoms with E-state index in [4.69, 9.17) is 4.98 Å². The molecule has 0 radical (unpaired) electrons. The Kier molecular flexibility index (Phi) is 4.22. The Hall–Kier alpha value is -1.46. The number of benzene rings is 1. The van der Waals surface area contributed by atoms with Crippen molar-refractivity contribution in [3.05, 3.63) is 40.2 Å². The highest BCUT2D eigenvalue weighted by Gasteiger charge is 2.24. The number of rotatable bonds is 5. The highest BCUT2D eigenvalue weighted by atomic mass is 32.1. The van der Waals surface area contributed by atoms with E-state index in [2.05, 4.69) is 24.1 Å². The molecule has 0 unspecified atom stereocenters. The van der Waals surface area contributed by atoms with Gasteiger partial charge in [-0.1, -0.05) is 31.3 Å². The van der Waals surface area contributed by atoms with Crippen LogP contribution >= 0.6 is 11.3 Å². The van der Waals surface area contributed by atoms with E-state index in [-0.39, 0.29) is 5.82 Å². The SMILES string of the molecule is CCNCc1sc(N2CCc3ccc(F)cc32)nc1CC. The van der Waals surface area contributed by atoms with Crippen LogP contribution in [-0.4, -0.2) is 18.1 Å². The molecule has 5 heteroatoms. The highest BCUT2D eigenvalue weighted by molar-refractivity contribution is 7.15. The van der Waals surface area contributed by atoms with Crippen molar-refractivity contribution in [3.8, 4) is 0 Å². The van der Waals surface area contributed by atoms with E-state index in [1.54, 1.807) is 17.4 Å². The molecule has 2 heterocycles. The van der Waals surface area contributed by atoms with Gasteiger partial charge in [0.05, 0.1) is 5.69 Å². The zero-order chi connectivity index (χ0) is 14.8. The molecule has 0 saturated carbocycles. The Morgan fingerprint density at radius 1 is 1.38 bits per heavy atom. The molecule has 0 bridgehead atoms. The average Bonchev–Trinajstić information content (AvgIpc) is 3.07. The van der Waals surface area contributed by atoms with E-state index in [0.29, 0.717) is 0 Å². The van der Waals surface area contributed by atoms with E-state index in [9.17, 15) is 4.39 Å². The third-order valence-electron chi connectivity index (χ3n) is 3.81. The molecule has 0 fully saturated rings. The summed E-state index contributed by atoms with van der Waals surface area (Å²) in [6.07, 6.45) is 1.89. The van der Waals surface area contributed by atoms with Gasteiger partial charge in [-0.2, -0.15) is 0 Å². The van der Waals surface area contributed by atoms with Crippen molar-refractivity contribution < 1.29 is 4.39 Å². The molecular weight excluding hydrogens is 285 g/mol. The summed E-state index contributed by atoms with van der Waals surface area (Å²) in [7, 11) is 0. The summed E-state index contributed by atoms with van der Waals surface area (Å²) >= 11 is 1.72. The fraction of sp³-hybridized carbons (Fsp3) is 0.438. The number of hydrogen-bond acceptors (Lipinski definition) is 4. The summed E-state index contributed by atoms with van der Waals surface area (Å²) in [4.78, 5) is 8.22. The van der Waals surface area contributed by atoms with Gasteiger partial charge in [-0.05, 0) is 37.1 Å². The molecule has 1 aliphatic heterocycles. The quantitative estimate of drug-likeness (QED) is 0.914. The van der Waals surface area contributed by atoms with Crippen molar-refractivity contribution in [2.45, 2.75) is 33.2 Å². The molecule has 1 N–H and O–H groups in total. The lowest BCUT2D eigenvalue weighted by Crippen LogP contribution is -2.13. The molecule has 0 spiro atoms. The predicted molar refractivity (Wildman–Crippen MR) is 86.0 cm³/mol. The molecule has 0 saturated heterocycles. The zero-order valence-corrected chi connectivity index (χ0v) is 13.3. The Morgan fingerprint density at radius 3 is 3.00 bits per heavy atom. The van der Waals surface area contributed by atoms with Crippen LogP contribution in [0.2, 0.25) is 0 Å². The van der Waals surface area contributed by atoms with Gasteiger partial charge in [0.15, 0.2) is 5.13 Å². The predicted octanol–water partition coefficient (Wildman–Crippen LogP) is 3.65. The van der Waals surface area contributed by atoms with E-state index in [1.165, 1.54) is 16.5 Å². The van der Waals surface area contributed by atoms with Gasteiger partial charge >= 0.3 is 0 Å². The highest BCUT2D eigenvalue weighted by Crippen LogP contribution is 2.38. The van der Waals surface area contributed by atoms with Crippen molar-refractivity contribution in [3.63, 3.8) is 0 Å². The van der Waals surface area contributed by atoms with E-state index in [1.807, 2.05) is 6.07 Å². The first-order valence-electron chi connectivity index (χ1n) is 7.48. The largest absolute Gasteiger partial charge is 0.317 e. The number of aryl methyl sites for hydroxylation is 1. The van der Waals surface area contributed by atoms with Crippen molar-refractivity contribution >= 4 is 22.2 Å². The summed E-state index contributed by atoms with van der Waals surface area (Å²) in [6, 6.07) is 5.05. The molecule has 0 atom stereocenters. The second-order valence-electron chi connectivity index (χ2n) is 5.17. The smallest absolute Gasteiger partial charge is 0.190 e. The number of nitrogens with zero attached hydrogens (tertiary/aromatic N) is 2. The van der Waals surface area contributed by atoms with Crippen LogP contribution in [0, 0.1) is 5.82 Å². The van der Waals surface area contributed by atoms with Gasteiger partial charge in [-0.25, -0.2) is 9.37 Å². The van der Waals surface area contributed by atoms with Crippen LogP contribution < -0.4 is 10.2 Å². The third-order valence-corrected chi connectivity index (χ3v) is 4.93. The summed E-state index contributed by atoms with van der Waals surface area (Å²) in [5.74, 6) is -0.180. The third kappa shape index (κ3) is 2.80. The minimum absolute atomic E-state index is 0.180. The zero-order valence-electron chi connectivity index (χ0n) is 12.4. The average molecular weight is 305 g/mol. The fourth-order valence-electron chi connectivity index (χ4n) is 2.69. The molecule has 2 aromatic rings. The molecule has 21 heavy (non-hydrogen) atoms. The van der Waals surface area contributed by atoms with E-state index >= 15 is 0 Å². The second kappa shape index (κ2) is 6.12. The molecule has 3 nitrogen and oxygen atoms in total. The van der Waals surface area contributed by atoms with Crippen LogP contribution in [0.3, 0.4) is 0 Å². The van der Waals surface area contributed by atoms with Gasteiger partial charge < -0.3 is 10.2 Å². The number of halogens is 1. The summed E-state index contributed by atoms with van der Waals surface area (Å²) in [5, 5.41) is 4.35. The number of aromatic nitrogens is 1. The first kappa shape index (κ1) is 14.5. The van der Waals surface area contributed by atoms with Gasteiger partial charge in [-0.15, -0.1) is 0 Å². The number of anilines is 2. The Bertz CT molecular complexity index is 638. The summed E-state index contributed by atoms with van der Waals surface area (Å²) < 4.78 is 13.5. The number of nitrogens with one attached hydrogen (secondary N) is 1. The van der Waals surface area contributed by atoms with Gasteiger partial charge in [0.1, 0.15) is 5.82 Å². The minimum Gasteiger partial charge on any atom is -0.317 e. The number of thiazole rings is 1. The maximum atomic E-state index is 13.5. The van der Waals surface area contributed by atoms with Crippen LogP contribution in [0.5, 0.6) is 0 Å². The number of fused-ring (bicyclic) bond motifs is 1. The van der Waals surface area contributed by atoms with Crippen molar-refractivity contribution in [2.75, 3.05) is 18.0 Å². The van der Waals surface area contributed by atoms with Gasteiger partial charge in [0.2, 0.25) is 0 Å². The Morgan fingerprint density at radius 2 is 2.24 bits per heavy atom.